The molecule has 0 atom stereocenters. The maximum Gasteiger partial charge on any atom is 0.234 e. The first-order valence-corrected chi connectivity index (χ1v) is 9.40. The van der Waals surface area contributed by atoms with Crippen LogP contribution in [0, 0.1) is 0 Å². The molecule has 2 aromatic carbocycles. The summed E-state index contributed by atoms with van der Waals surface area (Å²) >= 11 is 0. The standard InChI is InChI=1S/C23H30N2O3/c1-6-25(15-17(2)3)16-22(26)24-23(18-7-11-20(27-4)12-8-18)19-9-13-21(28-5)14-10-19/h7-14,23H,2,6,15-16H2,1,3-5H3,(H,24,26). The van der Waals surface area contributed by atoms with Gasteiger partial charge >= 0.3 is 0 Å². The van der Waals surface area contributed by atoms with Crippen molar-refractivity contribution < 1.29 is 14.3 Å². The van der Waals surface area contributed by atoms with Gasteiger partial charge in [0, 0.05) is 6.54 Å². The summed E-state index contributed by atoms with van der Waals surface area (Å²) in [4.78, 5) is 14.8. The third-order valence-corrected chi connectivity index (χ3v) is 4.51. The smallest absolute Gasteiger partial charge is 0.234 e. The molecule has 0 aliphatic heterocycles. The van der Waals surface area contributed by atoms with Crippen molar-refractivity contribution in [3.05, 3.63) is 71.8 Å². The summed E-state index contributed by atoms with van der Waals surface area (Å²) in [5, 5.41) is 3.17. The number of amides is 1. The highest BCUT2D eigenvalue weighted by atomic mass is 16.5. The number of ether oxygens (including phenoxy) is 2. The summed E-state index contributed by atoms with van der Waals surface area (Å²) in [6, 6.07) is 15.2. The van der Waals surface area contributed by atoms with E-state index >= 15 is 0 Å². The molecule has 0 fully saturated rings. The predicted molar refractivity (Wildman–Crippen MR) is 113 cm³/mol. The molecule has 2 rings (SSSR count). The summed E-state index contributed by atoms with van der Waals surface area (Å²) in [5.41, 5.74) is 3.01. The molecule has 5 nitrogen and oxygen atoms in total. The Morgan fingerprint density at radius 1 is 0.964 bits per heavy atom. The van der Waals surface area contributed by atoms with Crippen molar-refractivity contribution >= 4 is 5.91 Å². The van der Waals surface area contributed by atoms with Crippen molar-refractivity contribution in [1.29, 1.82) is 0 Å². The number of hydrogen-bond donors (Lipinski definition) is 1. The average molecular weight is 383 g/mol. The molecular weight excluding hydrogens is 352 g/mol. The Morgan fingerprint density at radius 3 is 1.79 bits per heavy atom. The van der Waals surface area contributed by atoms with Crippen molar-refractivity contribution in [3.8, 4) is 11.5 Å². The zero-order valence-corrected chi connectivity index (χ0v) is 17.2. The van der Waals surface area contributed by atoms with Crippen molar-refractivity contribution in [2.24, 2.45) is 0 Å². The van der Waals surface area contributed by atoms with E-state index in [1.54, 1.807) is 14.2 Å². The molecule has 0 heterocycles. The molecule has 0 saturated heterocycles. The van der Waals surface area contributed by atoms with Crippen LogP contribution >= 0.6 is 0 Å². The number of likely N-dealkylation sites (N-methyl/N-ethyl adjacent to an activating group) is 1. The first-order valence-electron chi connectivity index (χ1n) is 9.40. The number of rotatable bonds is 10. The summed E-state index contributed by atoms with van der Waals surface area (Å²) in [6.07, 6.45) is 0. The minimum Gasteiger partial charge on any atom is -0.497 e. The highest BCUT2D eigenvalue weighted by Gasteiger charge is 2.19. The van der Waals surface area contributed by atoms with E-state index in [0.717, 1.165) is 34.7 Å². The molecule has 28 heavy (non-hydrogen) atoms. The van der Waals surface area contributed by atoms with Gasteiger partial charge in [-0.1, -0.05) is 43.3 Å². The lowest BCUT2D eigenvalue weighted by Gasteiger charge is -2.24. The second kappa shape index (κ2) is 10.5. The van der Waals surface area contributed by atoms with Crippen LogP contribution < -0.4 is 14.8 Å². The van der Waals surface area contributed by atoms with Crippen LogP contribution in [0.15, 0.2) is 60.7 Å². The van der Waals surface area contributed by atoms with Crippen LogP contribution in [0.4, 0.5) is 0 Å². The Kier molecular flexibility index (Phi) is 8.08. The molecule has 0 unspecified atom stereocenters. The molecule has 0 spiro atoms. The highest BCUT2D eigenvalue weighted by molar-refractivity contribution is 5.79. The van der Waals surface area contributed by atoms with Crippen LogP contribution in [-0.2, 0) is 4.79 Å². The van der Waals surface area contributed by atoms with E-state index in [1.807, 2.05) is 62.4 Å². The third-order valence-electron chi connectivity index (χ3n) is 4.51. The Bertz CT molecular complexity index is 722. The lowest BCUT2D eigenvalue weighted by molar-refractivity contribution is -0.122. The molecule has 0 aliphatic carbocycles. The number of methoxy groups -OCH3 is 2. The zero-order valence-electron chi connectivity index (χ0n) is 17.2. The van der Waals surface area contributed by atoms with E-state index < -0.39 is 0 Å². The Balaban J connectivity index is 2.23. The Morgan fingerprint density at radius 2 is 1.43 bits per heavy atom. The van der Waals surface area contributed by atoms with Crippen LogP contribution in [0.5, 0.6) is 11.5 Å². The molecular formula is C23H30N2O3. The molecule has 2 aromatic rings. The molecule has 0 bridgehead atoms. The Labute approximate surface area is 168 Å². The average Bonchev–Trinajstić information content (AvgIpc) is 2.71. The number of nitrogens with one attached hydrogen (secondary N) is 1. The van der Waals surface area contributed by atoms with Crippen molar-refractivity contribution in [2.45, 2.75) is 19.9 Å². The van der Waals surface area contributed by atoms with E-state index in [-0.39, 0.29) is 11.9 Å². The number of carbonyl (C=O) groups excluding carboxylic acids is 1. The third kappa shape index (κ3) is 6.13. The van der Waals surface area contributed by atoms with Gasteiger partial charge in [-0.05, 0) is 48.9 Å². The molecule has 0 aromatic heterocycles. The number of carbonyl (C=O) groups is 1. The second-order valence-corrected chi connectivity index (χ2v) is 6.81. The number of benzene rings is 2. The first kappa shape index (κ1) is 21.5. The first-order chi connectivity index (χ1) is 13.5. The normalized spacial score (nSPS) is 10.8. The second-order valence-electron chi connectivity index (χ2n) is 6.81. The molecule has 0 radical (unpaired) electrons. The molecule has 1 amide bonds. The highest BCUT2D eigenvalue weighted by Crippen LogP contribution is 2.26. The lowest BCUT2D eigenvalue weighted by Crippen LogP contribution is -2.39. The fourth-order valence-electron chi connectivity index (χ4n) is 3.02. The van der Waals surface area contributed by atoms with Gasteiger partial charge in [-0.2, -0.15) is 0 Å². The van der Waals surface area contributed by atoms with Crippen LogP contribution in [0.25, 0.3) is 0 Å². The van der Waals surface area contributed by atoms with Gasteiger partial charge in [-0.25, -0.2) is 0 Å². The number of nitrogens with zero attached hydrogens (tertiary/aromatic N) is 1. The maximum atomic E-state index is 12.8. The van der Waals surface area contributed by atoms with Gasteiger partial charge < -0.3 is 14.8 Å². The van der Waals surface area contributed by atoms with Gasteiger partial charge in [-0.3, -0.25) is 9.69 Å². The van der Waals surface area contributed by atoms with Gasteiger partial charge in [0.2, 0.25) is 5.91 Å². The van der Waals surface area contributed by atoms with Gasteiger partial charge in [0.25, 0.3) is 0 Å². The SMILES string of the molecule is C=C(C)CN(CC)CC(=O)NC(c1ccc(OC)cc1)c1ccc(OC)cc1. The quantitative estimate of drug-likeness (QED) is 0.635. The monoisotopic (exact) mass is 382 g/mol. The van der Waals surface area contributed by atoms with E-state index in [1.165, 1.54) is 0 Å². The van der Waals surface area contributed by atoms with Crippen molar-refractivity contribution in [2.75, 3.05) is 33.9 Å². The summed E-state index contributed by atoms with van der Waals surface area (Å²) in [5.74, 6) is 1.53. The predicted octanol–water partition coefficient (Wildman–Crippen LogP) is 3.81. The van der Waals surface area contributed by atoms with Crippen LogP contribution in [0.1, 0.15) is 31.0 Å². The van der Waals surface area contributed by atoms with Gasteiger partial charge in [0.05, 0.1) is 26.8 Å². The van der Waals surface area contributed by atoms with E-state index in [9.17, 15) is 4.79 Å². The molecule has 0 aliphatic rings. The fourth-order valence-corrected chi connectivity index (χ4v) is 3.02. The van der Waals surface area contributed by atoms with Crippen LogP contribution in [-0.4, -0.2) is 44.7 Å². The minimum atomic E-state index is -0.257. The van der Waals surface area contributed by atoms with Gasteiger partial charge in [-0.15, -0.1) is 0 Å². The maximum absolute atomic E-state index is 12.8. The van der Waals surface area contributed by atoms with Crippen molar-refractivity contribution in [3.63, 3.8) is 0 Å². The Hall–Kier alpha value is -2.79. The van der Waals surface area contributed by atoms with Crippen LogP contribution in [0.2, 0.25) is 0 Å². The molecule has 0 saturated carbocycles. The van der Waals surface area contributed by atoms with E-state index in [2.05, 4.69) is 16.8 Å². The molecule has 1 N–H and O–H groups in total. The van der Waals surface area contributed by atoms with E-state index in [4.69, 9.17) is 9.47 Å². The lowest BCUT2D eigenvalue weighted by atomic mass is 9.98. The summed E-state index contributed by atoms with van der Waals surface area (Å²) in [6.45, 7) is 9.78. The zero-order chi connectivity index (χ0) is 20.5. The number of hydrogen-bond acceptors (Lipinski definition) is 4. The largest absolute Gasteiger partial charge is 0.497 e. The van der Waals surface area contributed by atoms with Gasteiger partial charge in [0.1, 0.15) is 11.5 Å². The fraction of sp³-hybridized carbons (Fsp3) is 0.348. The minimum absolute atomic E-state index is 0.0280. The molecule has 150 valence electrons. The van der Waals surface area contributed by atoms with Crippen LogP contribution in [0.3, 0.4) is 0 Å². The topological polar surface area (TPSA) is 50.8 Å². The summed E-state index contributed by atoms with van der Waals surface area (Å²) in [7, 11) is 3.28. The van der Waals surface area contributed by atoms with E-state index in [0.29, 0.717) is 13.1 Å². The summed E-state index contributed by atoms with van der Waals surface area (Å²) < 4.78 is 10.5. The molecule has 5 heteroatoms. The van der Waals surface area contributed by atoms with Gasteiger partial charge in [0.15, 0.2) is 0 Å². The van der Waals surface area contributed by atoms with Crippen molar-refractivity contribution in [1.82, 2.24) is 10.2 Å².